The lowest BCUT2D eigenvalue weighted by atomic mass is 10.1. The number of amides is 1. The van der Waals surface area contributed by atoms with Crippen molar-refractivity contribution in [3.8, 4) is 6.07 Å². The molecule has 3 rings (SSSR count). The van der Waals surface area contributed by atoms with Gasteiger partial charge in [-0.1, -0.05) is 18.2 Å². The number of nitriles is 1. The fourth-order valence-electron chi connectivity index (χ4n) is 2.96. The average molecular weight is 413 g/mol. The van der Waals surface area contributed by atoms with Crippen LogP contribution in [0.5, 0.6) is 0 Å². The summed E-state index contributed by atoms with van der Waals surface area (Å²) < 4.78 is 5.08. The van der Waals surface area contributed by atoms with E-state index in [1.54, 1.807) is 12.1 Å². The summed E-state index contributed by atoms with van der Waals surface area (Å²) in [5, 5.41) is 11.4. The molecule has 0 spiro atoms. The van der Waals surface area contributed by atoms with Gasteiger partial charge in [0.25, 0.3) is 5.91 Å². The van der Waals surface area contributed by atoms with Crippen LogP contribution in [-0.2, 0) is 27.2 Å². The van der Waals surface area contributed by atoms with Crippen LogP contribution in [0.3, 0.4) is 0 Å². The first kappa shape index (κ1) is 20.3. The molecule has 0 bridgehead atoms. The van der Waals surface area contributed by atoms with Crippen LogP contribution in [0, 0.1) is 11.3 Å². The third-order valence-electron chi connectivity index (χ3n) is 4.24. The zero-order chi connectivity index (χ0) is 19.8. The minimum atomic E-state index is -0.423. The van der Waals surface area contributed by atoms with Gasteiger partial charge in [-0.3, -0.25) is 9.59 Å². The molecule has 0 radical (unpaired) electrons. The minimum absolute atomic E-state index is 0.167. The van der Waals surface area contributed by atoms with Crippen molar-refractivity contribution >= 4 is 41.1 Å². The van der Waals surface area contributed by atoms with Gasteiger partial charge in [-0.15, -0.1) is 23.5 Å². The summed E-state index contributed by atoms with van der Waals surface area (Å²) in [6.45, 7) is -0.333. The zero-order valence-corrected chi connectivity index (χ0v) is 16.9. The molecule has 0 aromatic heterocycles. The number of aryl methyl sites for hydroxylation is 2. The van der Waals surface area contributed by atoms with E-state index in [0.29, 0.717) is 11.4 Å². The van der Waals surface area contributed by atoms with Crippen LogP contribution in [-0.4, -0.2) is 30.0 Å². The molecular formula is C21H20N2O3S2. The van der Waals surface area contributed by atoms with E-state index in [-0.39, 0.29) is 12.4 Å². The average Bonchev–Trinajstić information content (AvgIpc) is 3.18. The van der Waals surface area contributed by atoms with Gasteiger partial charge in [0, 0.05) is 9.79 Å². The van der Waals surface area contributed by atoms with Crippen molar-refractivity contribution in [2.24, 2.45) is 0 Å². The van der Waals surface area contributed by atoms with E-state index in [4.69, 9.17) is 10.00 Å². The van der Waals surface area contributed by atoms with Gasteiger partial charge < -0.3 is 10.1 Å². The summed E-state index contributed by atoms with van der Waals surface area (Å²) in [5.41, 5.74) is 3.37. The maximum atomic E-state index is 12.1. The van der Waals surface area contributed by atoms with Gasteiger partial charge in [0.2, 0.25) is 0 Å². The van der Waals surface area contributed by atoms with Crippen molar-refractivity contribution in [2.45, 2.75) is 29.1 Å². The van der Waals surface area contributed by atoms with Crippen LogP contribution >= 0.6 is 23.5 Å². The van der Waals surface area contributed by atoms with Gasteiger partial charge in [-0.25, -0.2) is 0 Å². The lowest BCUT2D eigenvalue weighted by Crippen LogP contribution is -2.21. The number of esters is 1. The molecule has 1 aliphatic carbocycles. The summed E-state index contributed by atoms with van der Waals surface area (Å²) in [6, 6.07) is 15.6. The second-order valence-electron chi connectivity index (χ2n) is 6.22. The molecule has 0 fully saturated rings. The fourth-order valence-corrected chi connectivity index (χ4v) is 4.39. The first-order valence-corrected chi connectivity index (χ1v) is 10.9. The number of ether oxygens (including phenoxy) is 1. The van der Waals surface area contributed by atoms with Crippen molar-refractivity contribution in [1.82, 2.24) is 0 Å². The second kappa shape index (κ2) is 10.2. The number of hydrogen-bond acceptors (Lipinski definition) is 6. The van der Waals surface area contributed by atoms with Crippen LogP contribution in [0.15, 0.2) is 52.3 Å². The second-order valence-corrected chi connectivity index (χ2v) is 8.29. The Morgan fingerprint density at radius 3 is 2.79 bits per heavy atom. The van der Waals surface area contributed by atoms with Crippen LogP contribution in [0.2, 0.25) is 0 Å². The first-order chi connectivity index (χ1) is 13.7. The van der Waals surface area contributed by atoms with Gasteiger partial charge in [-0.05, 0) is 54.7 Å². The fraction of sp³-hybridized carbons (Fsp3) is 0.286. The molecule has 1 N–H and O–H groups in total. The molecule has 2 aromatic carbocycles. The summed E-state index contributed by atoms with van der Waals surface area (Å²) in [6.07, 6.45) is 3.43. The van der Waals surface area contributed by atoms with Gasteiger partial charge in [0.05, 0.1) is 23.3 Å². The number of rotatable bonds is 8. The smallest absolute Gasteiger partial charge is 0.316 e. The van der Waals surface area contributed by atoms with Gasteiger partial charge in [-0.2, -0.15) is 5.26 Å². The molecule has 0 saturated heterocycles. The Balaban J connectivity index is 1.43. The number of nitrogens with one attached hydrogen (secondary N) is 1. The van der Waals surface area contributed by atoms with E-state index in [2.05, 4.69) is 23.5 Å². The zero-order valence-electron chi connectivity index (χ0n) is 15.3. The van der Waals surface area contributed by atoms with E-state index in [0.717, 1.165) is 22.6 Å². The summed E-state index contributed by atoms with van der Waals surface area (Å²) >= 11 is 2.76. The maximum Gasteiger partial charge on any atom is 0.316 e. The summed E-state index contributed by atoms with van der Waals surface area (Å²) in [5.74, 6) is -0.365. The van der Waals surface area contributed by atoms with Crippen LogP contribution < -0.4 is 5.32 Å². The Kier molecular flexibility index (Phi) is 7.40. The molecule has 144 valence electrons. The third-order valence-corrected chi connectivity index (χ3v) is 6.15. The van der Waals surface area contributed by atoms with Gasteiger partial charge >= 0.3 is 5.97 Å². The molecule has 0 saturated carbocycles. The molecular weight excluding hydrogens is 392 g/mol. The number of nitrogens with zero attached hydrogens (tertiary/aromatic N) is 1. The lowest BCUT2D eigenvalue weighted by molar-refractivity contribution is -0.144. The monoisotopic (exact) mass is 412 g/mol. The Morgan fingerprint density at radius 1 is 1.11 bits per heavy atom. The standard InChI is InChI=1S/C21H20N2O3S2/c22-10-11-27-19-7-2-1-6-18(19)23-20(24)13-26-21(25)14-28-17-9-8-15-4-3-5-16(15)12-17/h1-2,6-9,12H,3-5,11,13-14H2,(H,23,24). The highest BCUT2D eigenvalue weighted by Gasteiger charge is 2.13. The molecule has 0 atom stereocenters. The summed E-state index contributed by atoms with van der Waals surface area (Å²) in [4.78, 5) is 25.9. The van der Waals surface area contributed by atoms with E-state index in [1.165, 1.54) is 41.1 Å². The van der Waals surface area contributed by atoms with E-state index in [9.17, 15) is 9.59 Å². The number of carbonyl (C=O) groups is 2. The van der Waals surface area contributed by atoms with E-state index >= 15 is 0 Å². The highest BCUT2D eigenvalue weighted by Crippen LogP contribution is 2.28. The van der Waals surface area contributed by atoms with Crippen LogP contribution in [0.25, 0.3) is 0 Å². The number of benzene rings is 2. The van der Waals surface area contributed by atoms with Crippen LogP contribution in [0.1, 0.15) is 17.5 Å². The third kappa shape index (κ3) is 5.78. The van der Waals surface area contributed by atoms with E-state index in [1.807, 2.05) is 18.2 Å². The molecule has 7 heteroatoms. The van der Waals surface area contributed by atoms with Crippen molar-refractivity contribution in [2.75, 3.05) is 23.4 Å². The topological polar surface area (TPSA) is 79.2 Å². The number of carbonyl (C=O) groups excluding carboxylic acids is 2. The van der Waals surface area contributed by atoms with Gasteiger partial charge in [0.1, 0.15) is 0 Å². The molecule has 1 amide bonds. The normalized spacial score (nSPS) is 12.1. The Morgan fingerprint density at radius 2 is 1.93 bits per heavy atom. The quantitative estimate of drug-likeness (QED) is 0.520. The Bertz CT molecular complexity index is 909. The van der Waals surface area contributed by atoms with Crippen molar-refractivity contribution in [1.29, 1.82) is 5.26 Å². The number of hydrogen-bond donors (Lipinski definition) is 1. The van der Waals surface area contributed by atoms with Crippen LogP contribution in [0.4, 0.5) is 5.69 Å². The largest absolute Gasteiger partial charge is 0.455 e. The predicted octanol–water partition coefficient (Wildman–Crippen LogP) is 4.06. The highest BCUT2D eigenvalue weighted by atomic mass is 32.2. The van der Waals surface area contributed by atoms with E-state index < -0.39 is 11.9 Å². The molecule has 0 aliphatic heterocycles. The highest BCUT2D eigenvalue weighted by molar-refractivity contribution is 8.00. The lowest BCUT2D eigenvalue weighted by Gasteiger charge is -2.10. The Labute approximate surface area is 172 Å². The number of para-hydroxylation sites is 1. The number of thioether (sulfide) groups is 2. The predicted molar refractivity (Wildman–Crippen MR) is 112 cm³/mol. The number of anilines is 1. The first-order valence-electron chi connectivity index (χ1n) is 8.94. The minimum Gasteiger partial charge on any atom is -0.455 e. The molecule has 5 nitrogen and oxygen atoms in total. The SMILES string of the molecule is N#CCSc1ccccc1NC(=O)COC(=O)CSc1ccc2c(c1)CCC2. The molecule has 28 heavy (non-hydrogen) atoms. The molecule has 1 aliphatic rings. The summed E-state index contributed by atoms with van der Waals surface area (Å²) in [7, 11) is 0. The van der Waals surface area contributed by atoms with Crippen molar-refractivity contribution in [3.63, 3.8) is 0 Å². The molecule has 2 aromatic rings. The molecule has 0 unspecified atom stereocenters. The number of fused-ring (bicyclic) bond motifs is 1. The van der Waals surface area contributed by atoms with Gasteiger partial charge in [0.15, 0.2) is 6.61 Å². The maximum absolute atomic E-state index is 12.1. The Hall–Kier alpha value is -2.43. The molecule has 0 heterocycles. The van der Waals surface area contributed by atoms with Crippen molar-refractivity contribution < 1.29 is 14.3 Å². The van der Waals surface area contributed by atoms with Crippen molar-refractivity contribution in [3.05, 3.63) is 53.6 Å².